The van der Waals surface area contributed by atoms with E-state index in [2.05, 4.69) is 10.3 Å². The summed E-state index contributed by atoms with van der Waals surface area (Å²) in [6.07, 6.45) is 1.03. The number of carbonyl (C=O) groups is 1. The van der Waals surface area contributed by atoms with Gasteiger partial charge in [0.05, 0.1) is 5.51 Å². The molecule has 1 atom stereocenters. The third kappa shape index (κ3) is 1.78. The number of aromatic nitrogens is 1. The second-order valence-corrected chi connectivity index (χ2v) is 4.16. The maximum Gasteiger partial charge on any atom is 0.273 e. The van der Waals surface area contributed by atoms with Gasteiger partial charge in [-0.3, -0.25) is 4.79 Å². The summed E-state index contributed by atoms with van der Waals surface area (Å²) in [7, 11) is 1.85. The summed E-state index contributed by atoms with van der Waals surface area (Å²) < 4.78 is 0. The summed E-state index contributed by atoms with van der Waals surface area (Å²) in [4.78, 5) is 17.6. The first-order chi connectivity index (χ1) is 6.79. The molecule has 0 aromatic carbocycles. The Morgan fingerprint density at radius 1 is 1.79 bits per heavy atom. The highest BCUT2D eigenvalue weighted by atomic mass is 32.1. The molecule has 1 aromatic rings. The van der Waals surface area contributed by atoms with E-state index in [-0.39, 0.29) is 5.91 Å². The Balaban J connectivity index is 2.04. The second kappa shape index (κ2) is 4.06. The number of likely N-dealkylation sites (N-methyl/N-ethyl adjacent to an activating group) is 1. The van der Waals surface area contributed by atoms with Crippen LogP contribution in [0.15, 0.2) is 10.9 Å². The maximum atomic E-state index is 11.8. The quantitative estimate of drug-likeness (QED) is 0.778. The molecule has 1 saturated heterocycles. The molecule has 1 aromatic heterocycles. The Bertz CT molecular complexity index is 306. The van der Waals surface area contributed by atoms with E-state index in [9.17, 15) is 4.79 Å². The second-order valence-electron chi connectivity index (χ2n) is 3.44. The van der Waals surface area contributed by atoms with Crippen LogP contribution in [0.2, 0.25) is 0 Å². The number of amides is 1. The van der Waals surface area contributed by atoms with Crippen molar-refractivity contribution in [3.05, 3.63) is 16.6 Å². The Morgan fingerprint density at radius 2 is 2.64 bits per heavy atom. The van der Waals surface area contributed by atoms with Crippen LogP contribution in [0.5, 0.6) is 0 Å². The zero-order valence-electron chi connectivity index (χ0n) is 8.06. The lowest BCUT2D eigenvalue weighted by Gasteiger charge is -2.22. The van der Waals surface area contributed by atoms with Crippen molar-refractivity contribution in [3.63, 3.8) is 0 Å². The largest absolute Gasteiger partial charge is 0.336 e. The molecule has 2 heterocycles. The van der Waals surface area contributed by atoms with Crippen LogP contribution in [0.1, 0.15) is 16.9 Å². The molecule has 1 N–H and O–H groups in total. The Kier molecular flexibility index (Phi) is 2.79. The van der Waals surface area contributed by atoms with Crippen LogP contribution in [-0.4, -0.2) is 42.0 Å². The minimum Gasteiger partial charge on any atom is -0.336 e. The number of hydrogen-bond acceptors (Lipinski definition) is 4. The number of nitrogens with one attached hydrogen (secondary N) is 1. The monoisotopic (exact) mass is 211 g/mol. The van der Waals surface area contributed by atoms with Gasteiger partial charge in [-0.15, -0.1) is 11.3 Å². The highest BCUT2D eigenvalue weighted by Crippen LogP contribution is 2.11. The highest BCUT2D eigenvalue weighted by molar-refractivity contribution is 7.07. The molecule has 1 aliphatic heterocycles. The fourth-order valence-electron chi connectivity index (χ4n) is 1.63. The molecule has 14 heavy (non-hydrogen) atoms. The number of nitrogens with zero attached hydrogens (tertiary/aromatic N) is 2. The topological polar surface area (TPSA) is 45.2 Å². The lowest BCUT2D eigenvalue weighted by atomic mass is 10.2. The SMILES string of the molecule is CN(C(=O)c1cscn1)C1CCNC1. The van der Waals surface area contributed by atoms with Gasteiger partial charge in [0, 0.05) is 25.0 Å². The van der Waals surface area contributed by atoms with Crippen molar-refractivity contribution in [1.29, 1.82) is 0 Å². The van der Waals surface area contributed by atoms with Gasteiger partial charge in [0.25, 0.3) is 5.91 Å². The summed E-state index contributed by atoms with van der Waals surface area (Å²) in [6.45, 7) is 1.89. The molecular formula is C9H13N3OS. The molecule has 0 radical (unpaired) electrons. The summed E-state index contributed by atoms with van der Waals surface area (Å²) >= 11 is 1.45. The molecule has 0 saturated carbocycles. The Labute approximate surface area is 86.9 Å². The Hall–Kier alpha value is -0.940. The number of carbonyl (C=O) groups excluding carboxylic acids is 1. The van der Waals surface area contributed by atoms with Crippen molar-refractivity contribution in [3.8, 4) is 0 Å². The lowest BCUT2D eigenvalue weighted by Crippen LogP contribution is -2.38. The lowest BCUT2D eigenvalue weighted by molar-refractivity contribution is 0.0738. The average Bonchev–Trinajstić information content (AvgIpc) is 2.87. The zero-order chi connectivity index (χ0) is 9.97. The molecule has 1 amide bonds. The molecule has 76 valence electrons. The summed E-state index contributed by atoms with van der Waals surface area (Å²) in [6, 6.07) is 0.323. The van der Waals surface area contributed by atoms with E-state index in [0.29, 0.717) is 11.7 Å². The normalized spacial score (nSPS) is 21.1. The smallest absolute Gasteiger partial charge is 0.273 e. The molecule has 1 unspecified atom stereocenters. The minimum atomic E-state index is 0.0277. The van der Waals surface area contributed by atoms with Crippen molar-refractivity contribution < 1.29 is 4.79 Å². The van der Waals surface area contributed by atoms with Crippen molar-refractivity contribution in [2.75, 3.05) is 20.1 Å². The van der Waals surface area contributed by atoms with E-state index in [1.54, 1.807) is 15.8 Å². The molecule has 4 nitrogen and oxygen atoms in total. The summed E-state index contributed by atoms with van der Waals surface area (Å²) in [5.41, 5.74) is 2.25. The summed E-state index contributed by atoms with van der Waals surface area (Å²) in [5.74, 6) is 0.0277. The highest BCUT2D eigenvalue weighted by Gasteiger charge is 2.24. The van der Waals surface area contributed by atoms with Crippen LogP contribution < -0.4 is 5.32 Å². The third-order valence-corrected chi connectivity index (χ3v) is 3.14. The van der Waals surface area contributed by atoms with Gasteiger partial charge < -0.3 is 10.2 Å². The van der Waals surface area contributed by atoms with E-state index < -0.39 is 0 Å². The standard InChI is InChI=1S/C9H13N3OS/c1-12(7-2-3-10-4-7)9(13)8-5-14-6-11-8/h5-7,10H,2-4H2,1H3. The predicted octanol–water partition coefficient (Wildman–Crippen LogP) is 0.577. The molecule has 2 rings (SSSR count). The third-order valence-electron chi connectivity index (χ3n) is 2.55. The molecule has 0 spiro atoms. The van der Waals surface area contributed by atoms with E-state index in [1.165, 1.54) is 11.3 Å². The van der Waals surface area contributed by atoms with Crippen LogP contribution in [0.25, 0.3) is 0 Å². The van der Waals surface area contributed by atoms with Crippen LogP contribution in [0, 0.1) is 0 Å². The first kappa shape index (κ1) is 9.61. The Morgan fingerprint density at radius 3 is 3.21 bits per heavy atom. The molecular weight excluding hydrogens is 198 g/mol. The van der Waals surface area contributed by atoms with E-state index in [1.807, 2.05) is 7.05 Å². The van der Waals surface area contributed by atoms with Gasteiger partial charge in [-0.2, -0.15) is 0 Å². The first-order valence-corrected chi connectivity index (χ1v) is 5.59. The van der Waals surface area contributed by atoms with Crippen LogP contribution in [0.3, 0.4) is 0 Å². The average molecular weight is 211 g/mol. The number of rotatable bonds is 2. The fourth-order valence-corrected chi connectivity index (χ4v) is 2.16. The predicted molar refractivity (Wildman–Crippen MR) is 55.5 cm³/mol. The molecule has 1 fully saturated rings. The maximum absolute atomic E-state index is 11.8. The summed E-state index contributed by atoms with van der Waals surface area (Å²) in [5, 5.41) is 5.03. The minimum absolute atomic E-state index is 0.0277. The molecule has 0 aliphatic carbocycles. The van der Waals surface area contributed by atoms with Gasteiger partial charge in [-0.25, -0.2) is 4.98 Å². The van der Waals surface area contributed by atoms with Crippen molar-refractivity contribution >= 4 is 17.2 Å². The van der Waals surface area contributed by atoms with Gasteiger partial charge in [0.1, 0.15) is 5.69 Å². The van der Waals surface area contributed by atoms with Gasteiger partial charge in [0.2, 0.25) is 0 Å². The fraction of sp³-hybridized carbons (Fsp3) is 0.556. The molecule has 1 aliphatic rings. The van der Waals surface area contributed by atoms with Crippen LogP contribution >= 0.6 is 11.3 Å². The van der Waals surface area contributed by atoms with E-state index >= 15 is 0 Å². The van der Waals surface area contributed by atoms with Crippen molar-refractivity contribution in [2.45, 2.75) is 12.5 Å². The van der Waals surface area contributed by atoms with Gasteiger partial charge >= 0.3 is 0 Å². The van der Waals surface area contributed by atoms with Crippen molar-refractivity contribution in [2.24, 2.45) is 0 Å². The van der Waals surface area contributed by atoms with Crippen LogP contribution in [0.4, 0.5) is 0 Å². The van der Waals surface area contributed by atoms with E-state index in [4.69, 9.17) is 0 Å². The van der Waals surface area contributed by atoms with Gasteiger partial charge in [-0.05, 0) is 13.0 Å². The molecule has 0 bridgehead atoms. The number of thiazole rings is 1. The zero-order valence-corrected chi connectivity index (χ0v) is 8.88. The molecule has 5 heteroatoms. The van der Waals surface area contributed by atoms with Gasteiger partial charge in [0.15, 0.2) is 0 Å². The number of hydrogen-bond donors (Lipinski definition) is 1. The van der Waals surface area contributed by atoms with Crippen molar-refractivity contribution in [1.82, 2.24) is 15.2 Å². The first-order valence-electron chi connectivity index (χ1n) is 4.65. The van der Waals surface area contributed by atoms with E-state index in [0.717, 1.165) is 19.5 Å². The van der Waals surface area contributed by atoms with Gasteiger partial charge in [-0.1, -0.05) is 0 Å². The van der Waals surface area contributed by atoms with Crippen LogP contribution in [-0.2, 0) is 0 Å².